The summed E-state index contributed by atoms with van der Waals surface area (Å²) in [5, 5.41) is 0. The summed E-state index contributed by atoms with van der Waals surface area (Å²) < 4.78 is 41.0. The SMILES string of the molecule is Cc1ncnc(C)c1C(=O)N1CCC(C)(N2CCC(N(Cc3cccc(F)c3)C(=O)C3CC(F)(F)C3)CC2)CC1. The minimum Gasteiger partial charge on any atom is -0.338 e. The number of benzene rings is 1. The van der Waals surface area contributed by atoms with Gasteiger partial charge in [0.15, 0.2) is 0 Å². The molecule has 1 aliphatic carbocycles. The van der Waals surface area contributed by atoms with Crippen LogP contribution in [0, 0.1) is 25.6 Å². The molecule has 0 bridgehead atoms. The van der Waals surface area contributed by atoms with E-state index in [0.717, 1.165) is 38.8 Å². The molecule has 2 aromatic rings. The summed E-state index contributed by atoms with van der Waals surface area (Å²) in [5.41, 5.74) is 2.55. The van der Waals surface area contributed by atoms with Gasteiger partial charge in [-0.25, -0.2) is 23.1 Å². The van der Waals surface area contributed by atoms with Crippen molar-refractivity contribution in [1.29, 1.82) is 0 Å². The predicted octanol–water partition coefficient (Wildman–Crippen LogP) is 4.77. The molecule has 2 saturated heterocycles. The van der Waals surface area contributed by atoms with Crippen LogP contribution in [0.2, 0.25) is 0 Å². The number of halogens is 3. The van der Waals surface area contributed by atoms with Gasteiger partial charge in [0.25, 0.3) is 5.91 Å². The third-order valence-corrected chi connectivity index (χ3v) is 9.20. The van der Waals surface area contributed by atoms with E-state index in [4.69, 9.17) is 0 Å². The molecule has 3 heterocycles. The van der Waals surface area contributed by atoms with Crippen molar-refractivity contribution < 1.29 is 22.8 Å². The van der Waals surface area contributed by atoms with Crippen molar-refractivity contribution in [2.75, 3.05) is 26.2 Å². The first-order valence-electron chi connectivity index (χ1n) is 14.2. The lowest BCUT2D eigenvalue weighted by atomic mass is 9.79. The van der Waals surface area contributed by atoms with Crippen LogP contribution in [0.15, 0.2) is 30.6 Å². The van der Waals surface area contributed by atoms with E-state index < -0.39 is 24.7 Å². The Morgan fingerprint density at radius 2 is 1.65 bits per heavy atom. The lowest BCUT2D eigenvalue weighted by Crippen LogP contribution is -2.59. The molecule has 0 N–H and O–H groups in total. The topological polar surface area (TPSA) is 69.6 Å². The lowest BCUT2D eigenvalue weighted by molar-refractivity contribution is -0.163. The van der Waals surface area contributed by atoms with Gasteiger partial charge in [0.05, 0.1) is 17.0 Å². The summed E-state index contributed by atoms with van der Waals surface area (Å²) in [6, 6.07) is 6.06. The Morgan fingerprint density at radius 1 is 1.02 bits per heavy atom. The van der Waals surface area contributed by atoms with Crippen molar-refractivity contribution in [2.24, 2.45) is 5.92 Å². The van der Waals surface area contributed by atoms with Gasteiger partial charge in [-0.1, -0.05) is 12.1 Å². The number of aryl methyl sites for hydroxylation is 2. The van der Waals surface area contributed by atoms with Crippen LogP contribution in [0.4, 0.5) is 13.2 Å². The Labute approximate surface area is 233 Å². The maximum atomic E-state index is 13.9. The number of carbonyl (C=O) groups is 2. The average Bonchev–Trinajstić information content (AvgIpc) is 2.90. The van der Waals surface area contributed by atoms with Crippen LogP contribution in [0.25, 0.3) is 0 Å². The molecule has 216 valence electrons. The highest BCUT2D eigenvalue weighted by Crippen LogP contribution is 2.44. The zero-order valence-corrected chi connectivity index (χ0v) is 23.5. The number of piperidine rings is 2. The maximum Gasteiger partial charge on any atom is 0.257 e. The molecule has 1 saturated carbocycles. The van der Waals surface area contributed by atoms with Crippen molar-refractivity contribution in [1.82, 2.24) is 24.7 Å². The van der Waals surface area contributed by atoms with E-state index in [1.807, 2.05) is 18.7 Å². The largest absolute Gasteiger partial charge is 0.338 e. The molecule has 3 aliphatic rings. The van der Waals surface area contributed by atoms with Gasteiger partial charge in [-0.3, -0.25) is 14.5 Å². The van der Waals surface area contributed by atoms with Gasteiger partial charge in [0.2, 0.25) is 11.8 Å². The normalized spacial score (nSPS) is 21.6. The van der Waals surface area contributed by atoms with Crippen LogP contribution in [0.1, 0.15) is 72.8 Å². The number of amides is 2. The molecule has 3 fully saturated rings. The Kier molecular flexibility index (Phi) is 7.92. The Morgan fingerprint density at radius 3 is 2.23 bits per heavy atom. The summed E-state index contributed by atoms with van der Waals surface area (Å²) in [5.74, 6) is -4.10. The number of likely N-dealkylation sites (tertiary alicyclic amines) is 2. The zero-order valence-electron chi connectivity index (χ0n) is 23.5. The molecule has 0 spiro atoms. The fraction of sp³-hybridized carbons (Fsp3) is 0.600. The average molecular weight is 558 g/mol. The Balaban J connectivity index is 1.21. The number of hydrogen-bond donors (Lipinski definition) is 0. The second kappa shape index (κ2) is 11.1. The van der Waals surface area contributed by atoms with E-state index >= 15 is 0 Å². The molecular weight excluding hydrogens is 519 g/mol. The molecule has 5 rings (SSSR count). The van der Waals surface area contributed by atoms with Crippen molar-refractivity contribution in [2.45, 2.75) is 83.3 Å². The van der Waals surface area contributed by atoms with Crippen LogP contribution in [0.3, 0.4) is 0 Å². The zero-order chi connectivity index (χ0) is 28.7. The smallest absolute Gasteiger partial charge is 0.257 e. The van der Waals surface area contributed by atoms with Gasteiger partial charge < -0.3 is 9.80 Å². The lowest BCUT2D eigenvalue weighted by Gasteiger charge is -2.50. The number of aromatic nitrogens is 2. The first-order chi connectivity index (χ1) is 19.0. The fourth-order valence-corrected chi connectivity index (χ4v) is 6.58. The van der Waals surface area contributed by atoms with Crippen LogP contribution in [-0.2, 0) is 11.3 Å². The molecular formula is C30H38F3N5O2. The number of rotatable bonds is 6. The minimum absolute atomic E-state index is 0.0237. The standard InChI is InChI=1S/C30H38F3N5O2/c1-20-26(21(2)35-19-34-20)28(40)36-13-9-29(3,10-14-36)37-11-7-25(8-12-37)38(18-22-5-4-6-24(31)15-22)27(39)23-16-30(32,33)17-23/h4-6,15,19,23,25H,7-14,16-18H2,1-3H3. The van der Waals surface area contributed by atoms with Crippen molar-refractivity contribution in [3.8, 4) is 0 Å². The molecule has 0 unspecified atom stereocenters. The summed E-state index contributed by atoms with van der Waals surface area (Å²) >= 11 is 0. The number of carbonyl (C=O) groups excluding carboxylic acids is 2. The van der Waals surface area contributed by atoms with Crippen LogP contribution < -0.4 is 0 Å². The van der Waals surface area contributed by atoms with E-state index in [1.54, 1.807) is 17.0 Å². The Bertz CT molecular complexity index is 1230. The summed E-state index contributed by atoms with van der Waals surface area (Å²) in [6.45, 7) is 8.95. The van der Waals surface area contributed by atoms with Crippen LogP contribution in [-0.4, -0.2) is 80.2 Å². The molecule has 1 aromatic heterocycles. The maximum absolute atomic E-state index is 13.9. The van der Waals surface area contributed by atoms with Crippen molar-refractivity contribution >= 4 is 11.8 Å². The fourth-order valence-electron chi connectivity index (χ4n) is 6.58. The number of alkyl halides is 2. The molecule has 0 atom stereocenters. The second-order valence-corrected chi connectivity index (χ2v) is 12.0. The highest BCUT2D eigenvalue weighted by molar-refractivity contribution is 5.96. The van der Waals surface area contributed by atoms with Crippen LogP contribution in [0.5, 0.6) is 0 Å². The van der Waals surface area contributed by atoms with Gasteiger partial charge in [0, 0.05) is 63.1 Å². The minimum atomic E-state index is -2.77. The molecule has 1 aromatic carbocycles. The molecule has 2 aliphatic heterocycles. The summed E-state index contributed by atoms with van der Waals surface area (Å²) in [6.07, 6.45) is 3.77. The molecule has 40 heavy (non-hydrogen) atoms. The van der Waals surface area contributed by atoms with E-state index in [1.165, 1.54) is 18.5 Å². The van der Waals surface area contributed by atoms with E-state index in [-0.39, 0.29) is 35.8 Å². The monoisotopic (exact) mass is 557 g/mol. The first-order valence-corrected chi connectivity index (χ1v) is 14.2. The highest BCUT2D eigenvalue weighted by atomic mass is 19.3. The third-order valence-electron chi connectivity index (χ3n) is 9.20. The van der Waals surface area contributed by atoms with Gasteiger partial charge in [-0.05, 0) is 64.2 Å². The molecule has 2 amide bonds. The third kappa shape index (κ3) is 5.87. The number of nitrogens with zero attached hydrogens (tertiary/aromatic N) is 5. The summed E-state index contributed by atoms with van der Waals surface area (Å²) in [7, 11) is 0. The molecule has 0 radical (unpaired) electrons. The van der Waals surface area contributed by atoms with Crippen molar-refractivity contribution in [3.63, 3.8) is 0 Å². The van der Waals surface area contributed by atoms with E-state index in [0.29, 0.717) is 35.6 Å². The van der Waals surface area contributed by atoms with Gasteiger partial charge in [-0.15, -0.1) is 0 Å². The van der Waals surface area contributed by atoms with Gasteiger partial charge in [0.1, 0.15) is 12.1 Å². The highest BCUT2D eigenvalue weighted by Gasteiger charge is 2.50. The van der Waals surface area contributed by atoms with E-state index in [9.17, 15) is 22.8 Å². The van der Waals surface area contributed by atoms with Crippen LogP contribution >= 0.6 is 0 Å². The van der Waals surface area contributed by atoms with Crippen molar-refractivity contribution in [3.05, 3.63) is 58.9 Å². The summed E-state index contributed by atoms with van der Waals surface area (Å²) in [4.78, 5) is 41.0. The first kappa shape index (κ1) is 28.5. The van der Waals surface area contributed by atoms with E-state index in [2.05, 4.69) is 21.8 Å². The molecule has 7 nitrogen and oxygen atoms in total. The Hall–Kier alpha value is -3.01. The second-order valence-electron chi connectivity index (χ2n) is 12.0. The molecule has 10 heteroatoms. The quantitative estimate of drug-likeness (QED) is 0.512. The van der Waals surface area contributed by atoms with Gasteiger partial charge in [-0.2, -0.15) is 0 Å². The number of hydrogen-bond acceptors (Lipinski definition) is 5. The van der Waals surface area contributed by atoms with Gasteiger partial charge >= 0.3 is 0 Å². The predicted molar refractivity (Wildman–Crippen MR) is 144 cm³/mol.